The molecule has 0 fully saturated rings. The zero-order valence-corrected chi connectivity index (χ0v) is 18.9. The average Bonchev–Trinajstić information content (AvgIpc) is 3.30. The van der Waals surface area contributed by atoms with Gasteiger partial charge in [-0.15, -0.1) is 16.4 Å². The lowest BCUT2D eigenvalue weighted by molar-refractivity contribution is -0.122. The molecule has 0 saturated carbocycles. The van der Waals surface area contributed by atoms with E-state index in [4.69, 9.17) is 0 Å². The summed E-state index contributed by atoms with van der Waals surface area (Å²) >= 11 is 4.74. The van der Waals surface area contributed by atoms with Crippen LogP contribution in [0.4, 0.5) is 0 Å². The van der Waals surface area contributed by atoms with E-state index in [2.05, 4.69) is 26.3 Å². The molecule has 0 aliphatic heterocycles. The van der Waals surface area contributed by atoms with Gasteiger partial charge in [0.05, 0.1) is 5.52 Å². The first-order valence-corrected chi connectivity index (χ1v) is 11.1. The summed E-state index contributed by atoms with van der Waals surface area (Å²) in [7, 11) is 0. The van der Waals surface area contributed by atoms with Crippen molar-refractivity contribution in [3.05, 3.63) is 66.6 Å². The number of thiophene rings is 1. The minimum atomic E-state index is -0.443. The van der Waals surface area contributed by atoms with Crippen LogP contribution in [0.5, 0.6) is 0 Å². The molecule has 0 saturated heterocycles. The van der Waals surface area contributed by atoms with E-state index >= 15 is 0 Å². The Morgan fingerprint density at radius 1 is 1.23 bits per heavy atom. The molecule has 0 aliphatic rings. The van der Waals surface area contributed by atoms with E-state index in [-0.39, 0.29) is 29.7 Å². The van der Waals surface area contributed by atoms with Gasteiger partial charge in [0, 0.05) is 17.6 Å². The van der Waals surface area contributed by atoms with E-state index in [1.807, 2.05) is 38.1 Å². The number of rotatable bonds is 6. The number of nitrogens with one attached hydrogen (secondary N) is 1. The van der Waals surface area contributed by atoms with Crippen molar-refractivity contribution in [1.29, 1.82) is 0 Å². The number of halogens is 1. The highest BCUT2D eigenvalue weighted by Crippen LogP contribution is 2.18. The standard InChI is InChI=1S/C20H20BrN5O3S/c1-12(2)10-24-18(28)17-15(7-8-30-17)26-19(24)23-25(20(26)29)11-16(27)22-9-13-5-3-4-6-14(13)21/h3-8,12H,9-11H2,1-2H3,(H,22,27). The second-order valence-corrected chi connectivity index (χ2v) is 9.16. The Hall–Kier alpha value is -2.72. The van der Waals surface area contributed by atoms with Gasteiger partial charge in [0.15, 0.2) is 0 Å². The molecule has 4 rings (SSSR count). The Kier molecular flexibility index (Phi) is 5.61. The highest BCUT2D eigenvalue weighted by Gasteiger charge is 2.19. The molecule has 4 aromatic rings. The maximum absolute atomic E-state index is 13.0. The number of hydrogen-bond donors (Lipinski definition) is 1. The number of aromatic nitrogens is 4. The van der Waals surface area contributed by atoms with Crippen LogP contribution >= 0.6 is 27.3 Å². The van der Waals surface area contributed by atoms with Crippen molar-refractivity contribution >= 4 is 49.2 Å². The number of hydrogen-bond acceptors (Lipinski definition) is 5. The molecule has 0 atom stereocenters. The maximum Gasteiger partial charge on any atom is 0.352 e. The SMILES string of the molecule is CC(C)Cn1c(=O)c2sccc2n2c(=O)n(CC(=O)NCc3ccccc3Br)nc12. The molecule has 3 heterocycles. The van der Waals surface area contributed by atoms with Crippen LogP contribution in [0.25, 0.3) is 16.0 Å². The zero-order chi connectivity index (χ0) is 21.4. The predicted molar refractivity (Wildman–Crippen MR) is 120 cm³/mol. The van der Waals surface area contributed by atoms with Crippen molar-refractivity contribution in [3.63, 3.8) is 0 Å². The summed E-state index contributed by atoms with van der Waals surface area (Å²) in [5.74, 6) is 0.107. The molecule has 0 spiro atoms. The van der Waals surface area contributed by atoms with Crippen molar-refractivity contribution in [2.24, 2.45) is 5.92 Å². The third-order valence-corrected chi connectivity index (χ3v) is 6.33. The minimum Gasteiger partial charge on any atom is -0.350 e. The summed E-state index contributed by atoms with van der Waals surface area (Å²) in [5, 5.41) is 8.92. The smallest absolute Gasteiger partial charge is 0.350 e. The normalized spacial score (nSPS) is 11.6. The molecule has 0 aliphatic carbocycles. The molecule has 1 aromatic carbocycles. The molecule has 8 nitrogen and oxygen atoms in total. The largest absolute Gasteiger partial charge is 0.352 e. The predicted octanol–water partition coefficient (Wildman–Crippen LogP) is 2.61. The maximum atomic E-state index is 13.0. The molecular weight excluding hydrogens is 470 g/mol. The first-order valence-electron chi connectivity index (χ1n) is 9.46. The molecule has 1 N–H and O–H groups in total. The van der Waals surface area contributed by atoms with Crippen LogP contribution in [-0.2, 0) is 24.4 Å². The van der Waals surface area contributed by atoms with Gasteiger partial charge in [-0.05, 0) is 29.0 Å². The molecule has 1 amide bonds. The fraction of sp³-hybridized carbons (Fsp3) is 0.300. The summed E-state index contributed by atoms with van der Waals surface area (Å²) in [6.07, 6.45) is 0. The van der Waals surface area contributed by atoms with Gasteiger partial charge < -0.3 is 5.32 Å². The van der Waals surface area contributed by atoms with E-state index in [0.29, 0.717) is 23.3 Å². The highest BCUT2D eigenvalue weighted by molar-refractivity contribution is 9.10. The lowest BCUT2D eigenvalue weighted by atomic mass is 10.2. The van der Waals surface area contributed by atoms with Crippen LogP contribution in [0.3, 0.4) is 0 Å². The number of amides is 1. The second kappa shape index (κ2) is 8.19. The molecular formula is C20H20BrN5O3S. The number of benzene rings is 1. The van der Waals surface area contributed by atoms with E-state index < -0.39 is 5.69 Å². The van der Waals surface area contributed by atoms with Gasteiger partial charge in [0.1, 0.15) is 11.2 Å². The van der Waals surface area contributed by atoms with Crippen molar-refractivity contribution in [3.8, 4) is 0 Å². The number of nitrogens with zero attached hydrogens (tertiary/aromatic N) is 4. The Balaban J connectivity index is 1.69. The van der Waals surface area contributed by atoms with Gasteiger partial charge in [0.2, 0.25) is 11.7 Å². The average molecular weight is 490 g/mol. The van der Waals surface area contributed by atoms with Crippen LogP contribution in [-0.4, -0.2) is 24.7 Å². The van der Waals surface area contributed by atoms with Gasteiger partial charge in [-0.25, -0.2) is 13.9 Å². The van der Waals surface area contributed by atoms with E-state index in [9.17, 15) is 14.4 Å². The lowest BCUT2D eigenvalue weighted by Crippen LogP contribution is -2.32. The van der Waals surface area contributed by atoms with Crippen molar-refractivity contribution in [1.82, 2.24) is 24.1 Å². The van der Waals surface area contributed by atoms with Gasteiger partial charge in [-0.1, -0.05) is 48.0 Å². The van der Waals surface area contributed by atoms with Crippen molar-refractivity contribution < 1.29 is 4.79 Å². The third kappa shape index (κ3) is 3.72. The highest BCUT2D eigenvalue weighted by atomic mass is 79.9. The van der Waals surface area contributed by atoms with E-state index in [0.717, 1.165) is 14.7 Å². The van der Waals surface area contributed by atoms with Crippen LogP contribution in [0.1, 0.15) is 19.4 Å². The van der Waals surface area contributed by atoms with Crippen LogP contribution in [0.2, 0.25) is 0 Å². The Morgan fingerprint density at radius 2 is 2.00 bits per heavy atom. The van der Waals surface area contributed by atoms with Gasteiger partial charge in [-0.2, -0.15) is 0 Å². The first-order chi connectivity index (χ1) is 14.4. The molecule has 3 aromatic heterocycles. The fourth-order valence-corrected chi connectivity index (χ4v) is 4.54. The molecule has 156 valence electrons. The monoisotopic (exact) mass is 489 g/mol. The van der Waals surface area contributed by atoms with Gasteiger partial charge >= 0.3 is 5.69 Å². The fourth-order valence-electron chi connectivity index (χ4n) is 3.29. The van der Waals surface area contributed by atoms with Crippen molar-refractivity contribution in [2.45, 2.75) is 33.5 Å². The van der Waals surface area contributed by atoms with E-state index in [1.165, 1.54) is 20.3 Å². The van der Waals surface area contributed by atoms with Crippen molar-refractivity contribution in [2.75, 3.05) is 0 Å². The van der Waals surface area contributed by atoms with Gasteiger partial charge in [0.25, 0.3) is 5.56 Å². The third-order valence-electron chi connectivity index (χ3n) is 4.66. The summed E-state index contributed by atoms with van der Waals surface area (Å²) in [6, 6.07) is 9.31. The summed E-state index contributed by atoms with van der Waals surface area (Å²) in [5.41, 5.74) is 0.836. The molecule has 30 heavy (non-hydrogen) atoms. The van der Waals surface area contributed by atoms with Crippen LogP contribution < -0.4 is 16.6 Å². The summed E-state index contributed by atoms with van der Waals surface area (Å²) in [4.78, 5) is 38.4. The number of carbonyl (C=O) groups excluding carboxylic acids is 1. The van der Waals surface area contributed by atoms with Gasteiger partial charge in [-0.3, -0.25) is 14.2 Å². The second-order valence-electron chi connectivity index (χ2n) is 7.39. The van der Waals surface area contributed by atoms with Crippen LogP contribution in [0.15, 0.2) is 49.8 Å². The lowest BCUT2D eigenvalue weighted by Gasteiger charge is -2.09. The van der Waals surface area contributed by atoms with Crippen LogP contribution in [0, 0.1) is 5.92 Å². The number of carbonyl (C=O) groups is 1. The number of fused-ring (bicyclic) bond motifs is 3. The first kappa shape index (κ1) is 20.5. The molecule has 0 unspecified atom stereocenters. The zero-order valence-electron chi connectivity index (χ0n) is 16.5. The summed E-state index contributed by atoms with van der Waals surface area (Å²) in [6.45, 7) is 4.51. The van der Waals surface area contributed by atoms with E-state index in [1.54, 1.807) is 11.4 Å². The Morgan fingerprint density at radius 3 is 2.73 bits per heavy atom. The minimum absolute atomic E-state index is 0.170. The molecule has 10 heteroatoms. The Bertz CT molecular complexity index is 1360. The summed E-state index contributed by atoms with van der Waals surface area (Å²) < 4.78 is 5.44. The molecule has 0 bridgehead atoms. The molecule has 0 radical (unpaired) electrons. The Labute approximate surface area is 183 Å². The topological polar surface area (TPSA) is 90.4 Å². The quantitative estimate of drug-likeness (QED) is 0.450.